The number of nitrogens with one attached hydrogen (secondary N) is 2. The molecule has 30 heteroatoms. The van der Waals surface area contributed by atoms with Crippen LogP contribution in [0, 0.1) is 34.0 Å². The SMILES string of the molecule is CC(=O)NC1C(OC2COC(OC3CCC4(C)C(CCC5=C6C(=O)CC(C(C)CC(=O)C=C(C)C)C6(C)CCC54O)C3(C)C)C(OC3OC(COC4OC(CO)C(O)C(O)C4OC4OC(CO)C(O)C(O)C4O)C(O)C(O)C3NC(C)=O)C2O)OC(CO)C(O)C1O. The molecule has 3 saturated carbocycles. The van der Waals surface area contributed by atoms with Gasteiger partial charge in [-0.05, 0) is 92.6 Å². The zero-order chi connectivity index (χ0) is 67.6. The van der Waals surface area contributed by atoms with Crippen molar-refractivity contribution in [2.75, 3.05) is 33.0 Å². The van der Waals surface area contributed by atoms with E-state index in [4.69, 9.17) is 47.4 Å². The summed E-state index contributed by atoms with van der Waals surface area (Å²) in [5, 5.41) is 161. The molecule has 0 spiro atoms. The van der Waals surface area contributed by atoms with E-state index < -0.39 is 220 Å². The van der Waals surface area contributed by atoms with Gasteiger partial charge in [0.2, 0.25) is 11.8 Å². The molecule has 2 amide bonds. The first-order valence-electron chi connectivity index (χ1n) is 32.0. The van der Waals surface area contributed by atoms with Crippen LogP contribution in [0.4, 0.5) is 0 Å². The number of carbonyl (C=O) groups excluding carboxylic acids is 4. The normalized spacial score (nSPS) is 47.3. The summed E-state index contributed by atoms with van der Waals surface area (Å²) in [4.78, 5) is 52.8. The van der Waals surface area contributed by atoms with Crippen molar-refractivity contribution in [2.24, 2.45) is 34.0 Å². The van der Waals surface area contributed by atoms with Crippen LogP contribution in [-0.4, -0.2) is 287 Å². The first-order valence-corrected chi connectivity index (χ1v) is 32.0. The summed E-state index contributed by atoms with van der Waals surface area (Å²) in [6.07, 6.45) is -35.3. The molecule has 0 radical (unpaired) electrons. The molecule has 16 N–H and O–H groups in total. The lowest BCUT2D eigenvalue weighted by Crippen LogP contribution is -2.69. The summed E-state index contributed by atoms with van der Waals surface area (Å²) >= 11 is 0. The maximum Gasteiger partial charge on any atom is 0.217 e. The Morgan fingerprint density at radius 1 is 0.609 bits per heavy atom. The monoisotopic (exact) mass is 1320 g/mol. The van der Waals surface area contributed by atoms with Crippen molar-refractivity contribution < 1.29 is 138 Å². The van der Waals surface area contributed by atoms with Crippen molar-refractivity contribution in [3.63, 3.8) is 0 Å². The average molecular weight is 1320 g/mol. The molecule has 0 aromatic heterocycles. The quantitative estimate of drug-likeness (QED) is 0.0404. The van der Waals surface area contributed by atoms with E-state index in [1.165, 1.54) is 0 Å². The lowest BCUT2D eigenvalue weighted by atomic mass is 9.42. The molecule has 524 valence electrons. The van der Waals surface area contributed by atoms with Crippen LogP contribution in [-0.2, 0) is 66.5 Å². The largest absolute Gasteiger partial charge is 0.394 e. The molecule has 5 heterocycles. The number of aliphatic hydroxyl groups is 14. The molecule has 0 aromatic rings. The van der Waals surface area contributed by atoms with Gasteiger partial charge in [-0.2, -0.15) is 0 Å². The van der Waals surface area contributed by atoms with Crippen molar-refractivity contribution in [1.82, 2.24) is 10.6 Å². The van der Waals surface area contributed by atoms with E-state index in [0.717, 1.165) is 25.0 Å². The van der Waals surface area contributed by atoms with Gasteiger partial charge in [0, 0.05) is 37.7 Å². The Bertz CT molecular complexity index is 2680. The fraction of sp³-hybridized carbons (Fsp3) is 0.871. The molecular weight excluding hydrogens is 1220 g/mol. The van der Waals surface area contributed by atoms with E-state index in [2.05, 4.69) is 24.5 Å². The van der Waals surface area contributed by atoms with Gasteiger partial charge in [-0.15, -0.1) is 0 Å². The Kier molecular flexibility index (Phi) is 22.8. The van der Waals surface area contributed by atoms with Crippen molar-refractivity contribution in [1.29, 1.82) is 0 Å². The van der Waals surface area contributed by atoms with Gasteiger partial charge in [0.25, 0.3) is 0 Å². The number of hydrogen-bond acceptors (Lipinski definition) is 28. The molecule has 9 aliphatic rings. The second kappa shape index (κ2) is 28.7. The number of ketones is 2. The van der Waals surface area contributed by atoms with E-state index in [-0.39, 0.29) is 42.2 Å². The van der Waals surface area contributed by atoms with E-state index >= 15 is 0 Å². The Morgan fingerprint density at radius 3 is 1.72 bits per heavy atom. The van der Waals surface area contributed by atoms with E-state index in [1.807, 2.05) is 34.6 Å². The van der Waals surface area contributed by atoms with Gasteiger partial charge in [0.1, 0.15) is 116 Å². The van der Waals surface area contributed by atoms with Crippen LogP contribution in [0.15, 0.2) is 22.8 Å². The van der Waals surface area contributed by atoms with Gasteiger partial charge in [-0.1, -0.05) is 40.2 Å². The van der Waals surface area contributed by atoms with E-state index in [1.54, 1.807) is 6.08 Å². The Labute approximate surface area is 533 Å². The summed E-state index contributed by atoms with van der Waals surface area (Å²) in [7, 11) is 0. The van der Waals surface area contributed by atoms with Gasteiger partial charge in [0.05, 0.1) is 44.7 Å². The molecule has 5 aliphatic heterocycles. The fourth-order valence-electron chi connectivity index (χ4n) is 16.7. The number of hydrogen-bond donors (Lipinski definition) is 16. The third kappa shape index (κ3) is 13.7. The minimum atomic E-state index is -2.01. The highest BCUT2D eigenvalue weighted by Gasteiger charge is 2.68. The van der Waals surface area contributed by atoms with Crippen LogP contribution in [0.5, 0.6) is 0 Å². The number of carbonyl (C=O) groups is 4. The van der Waals surface area contributed by atoms with Crippen LogP contribution in [0.1, 0.15) is 114 Å². The van der Waals surface area contributed by atoms with Gasteiger partial charge in [-0.25, -0.2) is 0 Å². The third-order valence-electron chi connectivity index (χ3n) is 21.6. The molecule has 92 heavy (non-hydrogen) atoms. The summed E-state index contributed by atoms with van der Waals surface area (Å²) in [6.45, 7) is 12.2. The Morgan fingerprint density at radius 2 is 1.13 bits per heavy atom. The van der Waals surface area contributed by atoms with Gasteiger partial charge < -0.3 is 129 Å². The van der Waals surface area contributed by atoms with Gasteiger partial charge >= 0.3 is 0 Å². The molecule has 0 aromatic carbocycles. The van der Waals surface area contributed by atoms with Crippen LogP contribution in [0.25, 0.3) is 0 Å². The fourth-order valence-corrected chi connectivity index (χ4v) is 16.7. The maximum absolute atomic E-state index is 14.4. The molecule has 5 saturated heterocycles. The zero-order valence-electron chi connectivity index (χ0n) is 53.4. The van der Waals surface area contributed by atoms with Crippen LogP contribution in [0.2, 0.25) is 0 Å². The summed E-state index contributed by atoms with van der Waals surface area (Å²) < 4.78 is 61.5. The van der Waals surface area contributed by atoms with E-state index in [0.29, 0.717) is 44.1 Å². The average Bonchev–Trinajstić information content (AvgIpc) is 0.905. The molecule has 31 unspecified atom stereocenters. The summed E-state index contributed by atoms with van der Waals surface area (Å²) in [5.74, 6) is -1.91. The third-order valence-corrected chi connectivity index (χ3v) is 21.6. The minimum absolute atomic E-state index is 0.00316. The number of amides is 2. The first-order chi connectivity index (χ1) is 43.2. The number of Topliss-reactive ketones (excluding diaryl/α,β-unsaturated/α-hetero) is 1. The van der Waals surface area contributed by atoms with Crippen LogP contribution < -0.4 is 10.6 Å². The minimum Gasteiger partial charge on any atom is -0.394 e. The molecule has 4 aliphatic carbocycles. The standard InChI is InChI=1S/C62H98N2O28/c1-24(2)16-28(70)17-25(3)30-18-31(71)39-29-10-11-37-59(6,7)38(12-13-61(37,9)62(29,82)15-14-60(30,39)8)90-58-52(46(76)36(23-84-58)89-54-40(63-26(4)68)47(77)42(72)32(19-65)85-54)91-55-41(64-27(5)69)48(78)45(75)35(88-55)22-83-57-53(50(80)44(74)34(21-67)87-57)92-56-51(81)49(79)43(73)33(20-66)86-56/h16,25,30,32-38,40-58,65-67,72-82H,10-15,17-23H2,1-9H3,(H,63,68)(H,64,69). The number of allylic oxidation sites excluding steroid dienone is 3. The lowest BCUT2D eigenvalue weighted by Gasteiger charge is -2.65. The van der Waals surface area contributed by atoms with Crippen molar-refractivity contribution in [3.8, 4) is 0 Å². The van der Waals surface area contributed by atoms with Crippen LogP contribution in [0.3, 0.4) is 0 Å². The number of ether oxygens (including phenoxy) is 10. The molecule has 30 nitrogen and oxygen atoms in total. The van der Waals surface area contributed by atoms with Gasteiger partial charge in [-0.3, -0.25) is 19.2 Å². The molecule has 9 rings (SSSR count). The zero-order valence-corrected chi connectivity index (χ0v) is 53.4. The molecule has 0 bridgehead atoms. The predicted molar refractivity (Wildman–Crippen MR) is 311 cm³/mol. The Hall–Kier alpha value is -3.20. The highest BCUT2D eigenvalue weighted by Crippen LogP contribution is 2.69. The van der Waals surface area contributed by atoms with E-state index in [9.17, 15) is 90.7 Å². The second-order valence-electron chi connectivity index (χ2n) is 28.2. The van der Waals surface area contributed by atoms with Crippen molar-refractivity contribution >= 4 is 23.4 Å². The highest BCUT2D eigenvalue weighted by molar-refractivity contribution is 6.01. The number of fused-ring (bicyclic) bond motifs is 4. The number of rotatable bonds is 20. The predicted octanol–water partition coefficient (Wildman–Crippen LogP) is -4.39. The second-order valence-corrected chi connectivity index (χ2v) is 28.2. The molecule has 8 fully saturated rings. The number of aliphatic hydroxyl groups excluding tert-OH is 13. The van der Waals surface area contributed by atoms with Crippen LogP contribution >= 0.6 is 0 Å². The smallest absolute Gasteiger partial charge is 0.217 e. The van der Waals surface area contributed by atoms with Gasteiger partial charge in [0.15, 0.2) is 43.0 Å². The highest BCUT2D eigenvalue weighted by atomic mass is 16.8. The molecule has 31 atom stereocenters. The lowest BCUT2D eigenvalue weighted by molar-refractivity contribution is -0.380. The topological polar surface area (TPSA) is 468 Å². The Balaban J connectivity index is 1.00. The summed E-state index contributed by atoms with van der Waals surface area (Å²) in [6, 6.07) is -3.16. The maximum atomic E-state index is 14.4. The first kappa shape index (κ1) is 73.1. The van der Waals surface area contributed by atoms with Crippen molar-refractivity contribution in [3.05, 3.63) is 22.8 Å². The summed E-state index contributed by atoms with van der Waals surface area (Å²) in [5.41, 5.74) is -1.27. The van der Waals surface area contributed by atoms with Crippen molar-refractivity contribution in [2.45, 2.75) is 273 Å². The molecular formula is C62H98N2O28.